The van der Waals surface area contributed by atoms with E-state index in [0.29, 0.717) is 19.0 Å². The lowest BCUT2D eigenvalue weighted by molar-refractivity contribution is 0.0376. The molecule has 7 heteroatoms. The van der Waals surface area contributed by atoms with Gasteiger partial charge in [0, 0.05) is 32.6 Å². The van der Waals surface area contributed by atoms with Crippen molar-refractivity contribution in [1.82, 2.24) is 15.5 Å². The van der Waals surface area contributed by atoms with E-state index in [4.69, 9.17) is 9.15 Å². The number of hydrogen-bond acceptors (Lipinski definition) is 5. The van der Waals surface area contributed by atoms with Gasteiger partial charge >= 0.3 is 0 Å². The van der Waals surface area contributed by atoms with Gasteiger partial charge in [-0.05, 0) is 30.7 Å². The van der Waals surface area contributed by atoms with Crippen molar-refractivity contribution in [3.8, 4) is 0 Å². The molecule has 2 heterocycles. The molecule has 0 radical (unpaired) electrons. The van der Waals surface area contributed by atoms with Crippen LogP contribution < -0.4 is 10.6 Å². The SMILES string of the molecule is OC(CN=C(NCCCN1CCOCC1)NCCc1ccco1)c1ccccc1. The highest BCUT2D eigenvalue weighted by Gasteiger charge is 2.10. The molecular formula is C22H32N4O3. The average molecular weight is 401 g/mol. The Balaban J connectivity index is 1.46. The number of aliphatic hydroxyl groups excluding tert-OH is 1. The topological polar surface area (TPSA) is 82.3 Å². The van der Waals surface area contributed by atoms with Gasteiger partial charge in [-0.15, -0.1) is 0 Å². The number of morpholine rings is 1. The highest BCUT2D eigenvalue weighted by atomic mass is 16.5. The Bertz CT molecular complexity index is 700. The molecule has 0 aliphatic carbocycles. The van der Waals surface area contributed by atoms with Gasteiger partial charge in [-0.25, -0.2) is 0 Å². The van der Waals surface area contributed by atoms with Crippen molar-refractivity contribution in [1.29, 1.82) is 0 Å². The molecule has 0 saturated carbocycles. The fourth-order valence-electron chi connectivity index (χ4n) is 3.23. The Morgan fingerprint density at radius 3 is 2.62 bits per heavy atom. The zero-order chi connectivity index (χ0) is 20.2. The maximum atomic E-state index is 10.4. The molecule has 1 aliphatic heterocycles. The van der Waals surface area contributed by atoms with E-state index in [-0.39, 0.29) is 0 Å². The maximum absolute atomic E-state index is 10.4. The summed E-state index contributed by atoms with van der Waals surface area (Å²) >= 11 is 0. The molecule has 1 saturated heterocycles. The molecule has 0 bridgehead atoms. The molecule has 1 unspecified atom stereocenters. The van der Waals surface area contributed by atoms with Crippen molar-refractivity contribution in [3.05, 3.63) is 60.1 Å². The van der Waals surface area contributed by atoms with E-state index in [9.17, 15) is 5.11 Å². The molecule has 0 spiro atoms. The minimum Gasteiger partial charge on any atom is -0.469 e. The second-order valence-corrected chi connectivity index (χ2v) is 7.11. The van der Waals surface area contributed by atoms with E-state index in [2.05, 4.69) is 20.5 Å². The van der Waals surface area contributed by atoms with Crippen molar-refractivity contribution < 1.29 is 14.3 Å². The number of aliphatic hydroxyl groups is 1. The van der Waals surface area contributed by atoms with Gasteiger partial charge in [0.15, 0.2) is 5.96 Å². The summed E-state index contributed by atoms with van der Waals surface area (Å²) in [5.74, 6) is 1.65. The molecule has 29 heavy (non-hydrogen) atoms. The van der Waals surface area contributed by atoms with Crippen LogP contribution in [-0.2, 0) is 11.2 Å². The van der Waals surface area contributed by atoms with Gasteiger partial charge in [0.05, 0.1) is 32.1 Å². The largest absolute Gasteiger partial charge is 0.469 e. The molecule has 1 aromatic carbocycles. The quantitative estimate of drug-likeness (QED) is 0.321. The molecule has 1 aliphatic rings. The maximum Gasteiger partial charge on any atom is 0.191 e. The van der Waals surface area contributed by atoms with Crippen molar-refractivity contribution >= 4 is 5.96 Å². The lowest BCUT2D eigenvalue weighted by Crippen LogP contribution is -2.41. The monoisotopic (exact) mass is 400 g/mol. The number of rotatable bonds is 10. The molecular weight excluding hydrogens is 368 g/mol. The summed E-state index contributed by atoms with van der Waals surface area (Å²) in [5, 5.41) is 17.1. The third kappa shape index (κ3) is 7.89. The Morgan fingerprint density at radius 1 is 1.07 bits per heavy atom. The lowest BCUT2D eigenvalue weighted by atomic mass is 10.1. The van der Waals surface area contributed by atoms with Gasteiger partial charge < -0.3 is 24.9 Å². The standard InChI is InChI=1S/C22H32N4O3/c27-21(19-6-2-1-3-7-19)18-25-22(24-11-9-20-8-4-15-29-20)23-10-5-12-26-13-16-28-17-14-26/h1-4,6-8,15,21,27H,5,9-14,16-18H2,(H2,23,24,25). The van der Waals surface area contributed by atoms with E-state index in [0.717, 1.165) is 63.6 Å². The van der Waals surface area contributed by atoms with Crippen LogP contribution in [0.3, 0.4) is 0 Å². The first-order valence-electron chi connectivity index (χ1n) is 10.4. The highest BCUT2D eigenvalue weighted by Crippen LogP contribution is 2.11. The highest BCUT2D eigenvalue weighted by molar-refractivity contribution is 5.79. The second-order valence-electron chi connectivity index (χ2n) is 7.11. The summed E-state index contributed by atoms with van der Waals surface area (Å²) in [7, 11) is 0. The Labute approximate surface area is 172 Å². The molecule has 158 valence electrons. The van der Waals surface area contributed by atoms with Gasteiger partial charge in [-0.1, -0.05) is 30.3 Å². The van der Waals surface area contributed by atoms with E-state index >= 15 is 0 Å². The zero-order valence-electron chi connectivity index (χ0n) is 16.9. The van der Waals surface area contributed by atoms with E-state index < -0.39 is 6.10 Å². The lowest BCUT2D eigenvalue weighted by Gasteiger charge is -2.26. The number of benzene rings is 1. The van der Waals surface area contributed by atoms with E-state index in [1.165, 1.54) is 0 Å². The normalized spacial score (nSPS) is 16.5. The summed E-state index contributed by atoms with van der Waals surface area (Å²) in [6.45, 7) is 6.55. The summed E-state index contributed by atoms with van der Waals surface area (Å²) in [6.07, 6.45) is 2.88. The van der Waals surface area contributed by atoms with Crippen LogP contribution in [0.1, 0.15) is 23.8 Å². The third-order valence-corrected chi connectivity index (χ3v) is 4.90. The summed E-state index contributed by atoms with van der Waals surface area (Å²) in [4.78, 5) is 7.01. The van der Waals surface area contributed by atoms with Crippen LogP contribution in [0.4, 0.5) is 0 Å². The number of ether oxygens (including phenoxy) is 1. The van der Waals surface area contributed by atoms with Crippen molar-refractivity contribution in [2.24, 2.45) is 4.99 Å². The van der Waals surface area contributed by atoms with Crippen LogP contribution >= 0.6 is 0 Å². The predicted molar refractivity (Wildman–Crippen MR) is 114 cm³/mol. The Hall–Kier alpha value is -2.35. The number of nitrogens with zero attached hydrogens (tertiary/aromatic N) is 2. The van der Waals surface area contributed by atoms with Crippen LogP contribution in [0, 0.1) is 0 Å². The summed E-state index contributed by atoms with van der Waals surface area (Å²) < 4.78 is 10.8. The fourth-order valence-corrected chi connectivity index (χ4v) is 3.23. The number of guanidine groups is 1. The molecule has 0 amide bonds. The molecule has 3 N–H and O–H groups in total. The van der Waals surface area contributed by atoms with Gasteiger partial charge in [0.25, 0.3) is 0 Å². The van der Waals surface area contributed by atoms with Crippen LogP contribution in [0.15, 0.2) is 58.1 Å². The van der Waals surface area contributed by atoms with Crippen molar-refractivity contribution in [3.63, 3.8) is 0 Å². The van der Waals surface area contributed by atoms with Crippen molar-refractivity contribution in [2.45, 2.75) is 18.9 Å². The molecule has 1 atom stereocenters. The minimum absolute atomic E-state index is 0.309. The number of aliphatic imine (C=N–C) groups is 1. The molecule has 2 aromatic rings. The summed E-state index contributed by atoms with van der Waals surface area (Å²) in [5.41, 5.74) is 0.874. The average Bonchev–Trinajstić information content (AvgIpc) is 3.29. The van der Waals surface area contributed by atoms with Crippen molar-refractivity contribution in [2.75, 3.05) is 52.5 Å². The van der Waals surface area contributed by atoms with Crippen LogP contribution in [0.2, 0.25) is 0 Å². The zero-order valence-corrected chi connectivity index (χ0v) is 16.9. The first-order chi connectivity index (χ1) is 14.3. The van der Waals surface area contributed by atoms with E-state index in [1.807, 2.05) is 42.5 Å². The molecule has 7 nitrogen and oxygen atoms in total. The second kappa shape index (κ2) is 12.3. The van der Waals surface area contributed by atoms with Gasteiger partial charge in [0.1, 0.15) is 5.76 Å². The fraction of sp³-hybridized carbons (Fsp3) is 0.500. The number of nitrogens with one attached hydrogen (secondary N) is 2. The minimum atomic E-state index is -0.617. The number of hydrogen-bond donors (Lipinski definition) is 3. The predicted octanol–water partition coefficient (Wildman–Crippen LogP) is 1.81. The van der Waals surface area contributed by atoms with Gasteiger partial charge in [-0.3, -0.25) is 9.89 Å². The van der Waals surface area contributed by atoms with Crippen LogP contribution in [-0.4, -0.2) is 68.4 Å². The van der Waals surface area contributed by atoms with Crippen LogP contribution in [0.5, 0.6) is 0 Å². The first-order valence-corrected chi connectivity index (χ1v) is 10.4. The summed E-state index contributed by atoms with van der Waals surface area (Å²) in [6, 6.07) is 13.5. The van der Waals surface area contributed by atoms with Gasteiger partial charge in [0.2, 0.25) is 0 Å². The first kappa shape index (κ1) is 21.4. The molecule has 1 aromatic heterocycles. The third-order valence-electron chi connectivity index (χ3n) is 4.90. The van der Waals surface area contributed by atoms with Gasteiger partial charge in [-0.2, -0.15) is 0 Å². The smallest absolute Gasteiger partial charge is 0.191 e. The Morgan fingerprint density at radius 2 is 1.86 bits per heavy atom. The number of furan rings is 1. The molecule has 1 fully saturated rings. The van der Waals surface area contributed by atoms with Crippen LogP contribution in [0.25, 0.3) is 0 Å². The molecule has 3 rings (SSSR count). The Kier molecular flexibility index (Phi) is 9.03. The van der Waals surface area contributed by atoms with E-state index in [1.54, 1.807) is 6.26 Å².